The van der Waals surface area contributed by atoms with E-state index in [-0.39, 0.29) is 24.3 Å². The molecule has 2 amide bonds. The fourth-order valence-electron chi connectivity index (χ4n) is 3.11. The summed E-state index contributed by atoms with van der Waals surface area (Å²) in [6.45, 7) is 3.15. The standard InChI is InChI=1S/C21H23BrN2O3/c1-15-7-8-19(18(22)13-15)27-14-20(25)24-11-9-16(10-12-24)21(26)23-17-5-3-2-4-6-17/h2-8,13,16H,9-12,14H2,1H3,(H,23,26). The summed E-state index contributed by atoms with van der Waals surface area (Å²) in [7, 11) is 0. The summed E-state index contributed by atoms with van der Waals surface area (Å²) in [5.74, 6) is 0.560. The van der Waals surface area contributed by atoms with E-state index in [9.17, 15) is 9.59 Å². The minimum atomic E-state index is -0.0681. The minimum Gasteiger partial charge on any atom is -0.483 e. The summed E-state index contributed by atoms with van der Waals surface area (Å²) in [5.41, 5.74) is 1.93. The van der Waals surface area contributed by atoms with E-state index in [1.807, 2.05) is 55.5 Å². The number of carbonyl (C=O) groups is 2. The van der Waals surface area contributed by atoms with Gasteiger partial charge in [0, 0.05) is 24.7 Å². The zero-order chi connectivity index (χ0) is 19.2. The van der Waals surface area contributed by atoms with E-state index in [4.69, 9.17) is 4.74 Å². The van der Waals surface area contributed by atoms with E-state index in [0.717, 1.165) is 15.7 Å². The van der Waals surface area contributed by atoms with Crippen LogP contribution in [0.2, 0.25) is 0 Å². The molecule has 6 heteroatoms. The number of nitrogens with one attached hydrogen (secondary N) is 1. The SMILES string of the molecule is Cc1ccc(OCC(=O)N2CCC(C(=O)Nc3ccccc3)CC2)c(Br)c1. The molecule has 0 bridgehead atoms. The average Bonchev–Trinajstić information content (AvgIpc) is 2.68. The first-order valence-corrected chi connectivity index (χ1v) is 9.85. The first kappa shape index (κ1) is 19.4. The van der Waals surface area contributed by atoms with Crippen molar-refractivity contribution in [2.45, 2.75) is 19.8 Å². The lowest BCUT2D eigenvalue weighted by Crippen LogP contribution is -2.43. The second-order valence-electron chi connectivity index (χ2n) is 6.73. The number of ether oxygens (including phenoxy) is 1. The number of amides is 2. The van der Waals surface area contributed by atoms with Crippen LogP contribution < -0.4 is 10.1 Å². The number of anilines is 1. The quantitative estimate of drug-likeness (QED) is 0.779. The fraction of sp³-hybridized carbons (Fsp3) is 0.333. The van der Waals surface area contributed by atoms with Crippen molar-refractivity contribution in [3.8, 4) is 5.75 Å². The molecule has 0 aromatic heterocycles. The largest absolute Gasteiger partial charge is 0.483 e. The van der Waals surface area contributed by atoms with Crippen LogP contribution in [0.25, 0.3) is 0 Å². The average molecular weight is 431 g/mol. The molecule has 1 N–H and O–H groups in total. The predicted octanol–water partition coefficient (Wildman–Crippen LogP) is 4.01. The fourth-order valence-corrected chi connectivity index (χ4v) is 3.72. The number of piperidine rings is 1. The molecule has 0 atom stereocenters. The first-order chi connectivity index (χ1) is 13.0. The third kappa shape index (κ3) is 5.32. The predicted molar refractivity (Wildman–Crippen MR) is 109 cm³/mol. The van der Waals surface area contributed by atoms with Crippen molar-refractivity contribution in [1.82, 2.24) is 4.90 Å². The highest BCUT2D eigenvalue weighted by atomic mass is 79.9. The van der Waals surface area contributed by atoms with Gasteiger partial charge in [-0.25, -0.2) is 0 Å². The lowest BCUT2D eigenvalue weighted by molar-refractivity contribution is -0.136. The molecule has 1 aliphatic rings. The molecule has 5 nitrogen and oxygen atoms in total. The summed E-state index contributed by atoms with van der Waals surface area (Å²) in [6, 6.07) is 15.2. The maximum Gasteiger partial charge on any atom is 0.260 e. The molecular formula is C21H23BrN2O3. The summed E-state index contributed by atoms with van der Waals surface area (Å²) in [6.07, 6.45) is 1.33. The van der Waals surface area contributed by atoms with Gasteiger partial charge in [-0.1, -0.05) is 24.3 Å². The smallest absolute Gasteiger partial charge is 0.260 e. The molecule has 0 spiro atoms. The number of halogens is 1. The van der Waals surface area contributed by atoms with Crippen molar-refractivity contribution in [2.24, 2.45) is 5.92 Å². The number of carbonyl (C=O) groups excluding carboxylic acids is 2. The van der Waals surface area contributed by atoms with Crippen molar-refractivity contribution < 1.29 is 14.3 Å². The van der Waals surface area contributed by atoms with Crippen LogP contribution in [0.15, 0.2) is 53.0 Å². The molecule has 0 aliphatic carbocycles. The van der Waals surface area contributed by atoms with Gasteiger partial charge in [0.05, 0.1) is 4.47 Å². The highest BCUT2D eigenvalue weighted by Crippen LogP contribution is 2.26. The summed E-state index contributed by atoms with van der Waals surface area (Å²) < 4.78 is 6.48. The zero-order valence-electron chi connectivity index (χ0n) is 15.3. The number of aryl methyl sites for hydroxylation is 1. The maximum atomic E-state index is 12.4. The van der Waals surface area contributed by atoms with Gasteiger partial charge in [0.15, 0.2) is 6.61 Å². The van der Waals surface area contributed by atoms with Crippen molar-refractivity contribution >= 4 is 33.4 Å². The Morgan fingerprint density at radius 3 is 2.52 bits per heavy atom. The Bertz CT molecular complexity index is 802. The lowest BCUT2D eigenvalue weighted by atomic mass is 9.95. The second kappa shape index (κ2) is 9.04. The molecule has 0 radical (unpaired) electrons. The third-order valence-corrected chi connectivity index (χ3v) is 5.32. The molecule has 1 saturated heterocycles. The Kier molecular flexibility index (Phi) is 6.50. The van der Waals surface area contributed by atoms with Gasteiger partial charge in [-0.05, 0) is 65.5 Å². The zero-order valence-corrected chi connectivity index (χ0v) is 16.9. The van der Waals surface area contributed by atoms with Crippen LogP contribution in [0.3, 0.4) is 0 Å². The number of hydrogen-bond acceptors (Lipinski definition) is 3. The van der Waals surface area contributed by atoms with Crippen LogP contribution in [0.4, 0.5) is 5.69 Å². The molecule has 27 heavy (non-hydrogen) atoms. The molecule has 2 aromatic carbocycles. The number of benzene rings is 2. The molecule has 0 saturated carbocycles. The molecule has 0 unspecified atom stereocenters. The first-order valence-electron chi connectivity index (χ1n) is 9.05. The molecule has 2 aromatic rings. The molecule has 3 rings (SSSR count). The molecule has 142 valence electrons. The van der Waals surface area contributed by atoms with E-state index < -0.39 is 0 Å². The Labute approximate surface area is 167 Å². The second-order valence-corrected chi connectivity index (χ2v) is 7.59. The van der Waals surface area contributed by atoms with Gasteiger partial charge >= 0.3 is 0 Å². The summed E-state index contributed by atoms with van der Waals surface area (Å²) in [4.78, 5) is 26.5. The van der Waals surface area contributed by atoms with E-state index in [1.165, 1.54) is 0 Å². The van der Waals surface area contributed by atoms with Gasteiger partial charge in [0.1, 0.15) is 5.75 Å². The number of rotatable bonds is 5. The van der Waals surface area contributed by atoms with Crippen molar-refractivity contribution in [3.05, 3.63) is 58.6 Å². The molecular weight excluding hydrogens is 408 g/mol. The Balaban J connectivity index is 1.45. The number of likely N-dealkylation sites (tertiary alicyclic amines) is 1. The van der Waals surface area contributed by atoms with Gasteiger partial charge in [-0.2, -0.15) is 0 Å². The Hall–Kier alpha value is -2.34. The molecule has 1 heterocycles. The monoisotopic (exact) mass is 430 g/mol. The number of para-hydroxylation sites is 1. The molecule has 1 aliphatic heterocycles. The van der Waals surface area contributed by atoms with Gasteiger partial charge in [-0.15, -0.1) is 0 Å². The van der Waals surface area contributed by atoms with Gasteiger partial charge in [0.2, 0.25) is 5.91 Å². The van der Waals surface area contributed by atoms with Crippen LogP contribution in [0.5, 0.6) is 5.75 Å². The summed E-state index contributed by atoms with van der Waals surface area (Å²) >= 11 is 3.45. The van der Waals surface area contributed by atoms with E-state index in [1.54, 1.807) is 4.90 Å². The van der Waals surface area contributed by atoms with Crippen LogP contribution in [0, 0.1) is 12.8 Å². The van der Waals surface area contributed by atoms with Crippen molar-refractivity contribution in [1.29, 1.82) is 0 Å². The normalized spacial score (nSPS) is 14.7. The Morgan fingerprint density at radius 2 is 1.85 bits per heavy atom. The Morgan fingerprint density at radius 1 is 1.15 bits per heavy atom. The number of nitrogens with zero attached hydrogens (tertiary/aromatic N) is 1. The summed E-state index contributed by atoms with van der Waals surface area (Å²) in [5, 5.41) is 2.94. The highest BCUT2D eigenvalue weighted by molar-refractivity contribution is 9.10. The van der Waals surface area contributed by atoms with Crippen molar-refractivity contribution in [2.75, 3.05) is 25.0 Å². The van der Waals surface area contributed by atoms with Gasteiger partial charge in [-0.3, -0.25) is 9.59 Å². The van der Waals surface area contributed by atoms with Crippen LogP contribution in [0.1, 0.15) is 18.4 Å². The maximum absolute atomic E-state index is 12.4. The van der Waals surface area contributed by atoms with Gasteiger partial charge in [0.25, 0.3) is 5.91 Å². The third-order valence-electron chi connectivity index (χ3n) is 4.70. The van der Waals surface area contributed by atoms with Crippen LogP contribution in [-0.2, 0) is 9.59 Å². The van der Waals surface area contributed by atoms with E-state index >= 15 is 0 Å². The highest BCUT2D eigenvalue weighted by Gasteiger charge is 2.27. The molecule has 1 fully saturated rings. The minimum absolute atomic E-state index is 0.00252. The van der Waals surface area contributed by atoms with E-state index in [2.05, 4.69) is 21.2 Å². The number of hydrogen-bond donors (Lipinski definition) is 1. The lowest BCUT2D eigenvalue weighted by Gasteiger charge is -2.31. The topological polar surface area (TPSA) is 58.6 Å². The van der Waals surface area contributed by atoms with Crippen LogP contribution >= 0.6 is 15.9 Å². The van der Waals surface area contributed by atoms with Gasteiger partial charge < -0.3 is 15.0 Å². The van der Waals surface area contributed by atoms with Crippen molar-refractivity contribution in [3.63, 3.8) is 0 Å². The van der Waals surface area contributed by atoms with E-state index in [0.29, 0.717) is 31.7 Å². The van der Waals surface area contributed by atoms with Crippen LogP contribution in [-0.4, -0.2) is 36.4 Å².